The van der Waals surface area contributed by atoms with Crippen LogP contribution in [0.4, 0.5) is 0 Å². The number of ether oxygens (including phenoxy) is 2. The molecule has 4 rings (SSSR count). The molecule has 0 saturated carbocycles. The smallest absolute Gasteiger partial charge is 0.231 e. The molecule has 0 N–H and O–H groups in total. The number of piperidine rings is 1. The first-order chi connectivity index (χ1) is 14.7. The van der Waals surface area contributed by atoms with Gasteiger partial charge in [0.15, 0.2) is 5.82 Å². The van der Waals surface area contributed by atoms with Gasteiger partial charge in [-0.1, -0.05) is 29.4 Å². The number of benzene rings is 2. The molecule has 1 saturated heterocycles. The Morgan fingerprint density at radius 1 is 1.13 bits per heavy atom. The fourth-order valence-corrected chi connectivity index (χ4v) is 3.93. The van der Waals surface area contributed by atoms with Gasteiger partial charge in [-0.15, -0.1) is 0 Å². The molecule has 1 unspecified atom stereocenters. The lowest BCUT2D eigenvalue weighted by molar-refractivity contribution is 0.180. The van der Waals surface area contributed by atoms with Crippen LogP contribution in [0.2, 0.25) is 0 Å². The van der Waals surface area contributed by atoms with E-state index in [9.17, 15) is 0 Å². The Bertz CT molecular complexity index is 956. The minimum Gasteiger partial charge on any atom is -0.497 e. The molecule has 2 heterocycles. The van der Waals surface area contributed by atoms with Crippen LogP contribution in [0.5, 0.6) is 11.5 Å². The second-order valence-electron chi connectivity index (χ2n) is 7.89. The molecule has 1 aliphatic rings. The Hall–Kier alpha value is -2.86. The largest absolute Gasteiger partial charge is 0.497 e. The van der Waals surface area contributed by atoms with Crippen LogP contribution in [0.25, 0.3) is 0 Å². The molecule has 6 nitrogen and oxygen atoms in total. The van der Waals surface area contributed by atoms with Crippen molar-refractivity contribution in [3.8, 4) is 11.5 Å². The van der Waals surface area contributed by atoms with E-state index in [0.29, 0.717) is 18.9 Å². The highest BCUT2D eigenvalue weighted by molar-refractivity contribution is 5.28. The molecule has 0 bridgehead atoms. The molecule has 6 heteroatoms. The summed E-state index contributed by atoms with van der Waals surface area (Å²) in [5.74, 6) is 3.51. The summed E-state index contributed by atoms with van der Waals surface area (Å²) in [6, 6.07) is 16.3. The van der Waals surface area contributed by atoms with Gasteiger partial charge in [-0.3, -0.25) is 4.90 Å². The Labute approximate surface area is 177 Å². The van der Waals surface area contributed by atoms with Gasteiger partial charge in [-0.05, 0) is 61.7 Å². The standard InChI is InChI=1S/C24H29N3O3/c1-18-6-3-10-22(14-18)29-13-11-23-25-24(30-26-23)20-8-5-12-27(17-20)16-19-7-4-9-21(15-19)28-2/h3-4,6-7,9-10,14-15,20H,5,8,11-13,16-17H2,1-2H3. The molecule has 1 fully saturated rings. The highest BCUT2D eigenvalue weighted by Gasteiger charge is 2.26. The molecular formula is C24H29N3O3. The van der Waals surface area contributed by atoms with Gasteiger partial charge >= 0.3 is 0 Å². The van der Waals surface area contributed by atoms with Crippen LogP contribution in [0.3, 0.4) is 0 Å². The number of rotatable bonds is 8. The second kappa shape index (κ2) is 9.76. The number of hydrogen-bond acceptors (Lipinski definition) is 6. The van der Waals surface area contributed by atoms with E-state index < -0.39 is 0 Å². The number of nitrogens with zero attached hydrogens (tertiary/aromatic N) is 3. The van der Waals surface area contributed by atoms with E-state index in [1.807, 2.05) is 30.3 Å². The SMILES string of the molecule is COc1cccc(CN2CCCC(c3nc(CCOc4cccc(C)c4)no3)C2)c1. The Kier molecular flexibility index (Phi) is 6.64. The summed E-state index contributed by atoms with van der Waals surface area (Å²) in [7, 11) is 1.70. The molecule has 0 amide bonds. The van der Waals surface area contributed by atoms with Crippen molar-refractivity contribution < 1.29 is 14.0 Å². The van der Waals surface area contributed by atoms with E-state index in [1.54, 1.807) is 7.11 Å². The number of likely N-dealkylation sites (tertiary alicyclic amines) is 1. The molecule has 1 aromatic heterocycles. The molecule has 1 atom stereocenters. The summed E-state index contributed by atoms with van der Waals surface area (Å²) in [5.41, 5.74) is 2.44. The first-order valence-electron chi connectivity index (χ1n) is 10.6. The zero-order valence-corrected chi connectivity index (χ0v) is 17.7. The maximum Gasteiger partial charge on any atom is 0.231 e. The average Bonchev–Trinajstić information content (AvgIpc) is 3.23. The number of aromatic nitrogens is 2. The molecule has 0 aliphatic carbocycles. The van der Waals surface area contributed by atoms with Crippen molar-refractivity contribution in [1.82, 2.24) is 15.0 Å². The Morgan fingerprint density at radius 3 is 2.87 bits per heavy atom. The first-order valence-corrected chi connectivity index (χ1v) is 10.6. The van der Waals surface area contributed by atoms with Gasteiger partial charge in [0.05, 0.1) is 19.6 Å². The maximum absolute atomic E-state index is 5.81. The summed E-state index contributed by atoms with van der Waals surface area (Å²) in [4.78, 5) is 7.10. The summed E-state index contributed by atoms with van der Waals surface area (Å²) in [5, 5.41) is 4.17. The number of aryl methyl sites for hydroxylation is 1. The second-order valence-corrected chi connectivity index (χ2v) is 7.89. The molecule has 3 aromatic rings. The third kappa shape index (κ3) is 5.39. The van der Waals surface area contributed by atoms with Crippen molar-refractivity contribution in [3.63, 3.8) is 0 Å². The van der Waals surface area contributed by atoms with E-state index in [1.165, 1.54) is 11.1 Å². The van der Waals surface area contributed by atoms with Crippen molar-refractivity contribution in [3.05, 3.63) is 71.4 Å². The molecule has 0 radical (unpaired) electrons. The first kappa shape index (κ1) is 20.4. The van der Waals surface area contributed by atoms with Gasteiger partial charge in [-0.25, -0.2) is 0 Å². The minimum absolute atomic E-state index is 0.281. The average molecular weight is 408 g/mol. The predicted octanol–water partition coefficient (Wildman–Crippen LogP) is 4.39. The van der Waals surface area contributed by atoms with E-state index in [-0.39, 0.29) is 5.92 Å². The van der Waals surface area contributed by atoms with Gasteiger partial charge < -0.3 is 14.0 Å². The van der Waals surface area contributed by atoms with E-state index >= 15 is 0 Å². The van der Waals surface area contributed by atoms with E-state index in [2.05, 4.69) is 40.2 Å². The van der Waals surface area contributed by atoms with E-state index in [4.69, 9.17) is 14.0 Å². The van der Waals surface area contributed by atoms with Crippen molar-refractivity contribution in [2.24, 2.45) is 0 Å². The van der Waals surface area contributed by atoms with Crippen LogP contribution in [0.15, 0.2) is 53.1 Å². The van der Waals surface area contributed by atoms with Crippen LogP contribution < -0.4 is 9.47 Å². The fourth-order valence-electron chi connectivity index (χ4n) is 3.93. The number of methoxy groups -OCH3 is 1. The van der Waals surface area contributed by atoms with Crippen molar-refractivity contribution in [1.29, 1.82) is 0 Å². The number of hydrogen-bond donors (Lipinski definition) is 0. The summed E-state index contributed by atoms with van der Waals surface area (Å²) in [6.45, 7) is 5.51. The lowest BCUT2D eigenvalue weighted by Gasteiger charge is -2.31. The summed E-state index contributed by atoms with van der Waals surface area (Å²) in [6.07, 6.45) is 2.84. The van der Waals surface area contributed by atoms with Crippen LogP contribution in [-0.4, -0.2) is 41.8 Å². The van der Waals surface area contributed by atoms with Crippen LogP contribution >= 0.6 is 0 Å². The van der Waals surface area contributed by atoms with Crippen molar-refractivity contribution >= 4 is 0 Å². The quantitative estimate of drug-likeness (QED) is 0.552. The van der Waals surface area contributed by atoms with Crippen molar-refractivity contribution in [2.75, 3.05) is 26.8 Å². The lowest BCUT2D eigenvalue weighted by Crippen LogP contribution is -2.34. The molecule has 1 aliphatic heterocycles. The highest BCUT2D eigenvalue weighted by atomic mass is 16.5. The zero-order valence-electron chi connectivity index (χ0n) is 17.7. The van der Waals surface area contributed by atoms with Crippen molar-refractivity contribution in [2.45, 2.75) is 38.6 Å². The minimum atomic E-state index is 0.281. The van der Waals surface area contributed by atoms with Gasteiger partial charge in [0.2, 0.25) is 5.89 Å². The third-order valence-electron chi connectivity index (χ3n) is 5.46. The summed E-state index contributed by atoms with van der Waals surface area (Å²) >= 11 is 0. The molecule has 0 spiro atoms. The Balaban J connectivity index is 1.30. The zero-order chi connectivity index (χ0) is 20.8. The predicted molar refractivity (Wildman–Crippen MR) is 115 cm³/mol. The monoisotopic (exact) mass is 407 g/mol. The Morgan fingerprint density at radius 2 is 2.00 bits per heavy atom. The van der Waals surface area contributed by atoms with Gasteiger partial charge in [-0.2, -0.15) is 4.98 Å². The lowest BCUT2D eigenvalue weighted by atomic mass is 9.97. The molecule has 30 heavy (non-hydrogen) atoms. The topological polar surface area (TPSA) is 60.6 Å². The van der Waals surface area contributed by atoms with Gasteiger partial charge in [0.25, 0.3) is 0 Å². The summed E-state index contributed by atoms with van der Waals surface area (Å²) < 4.78 is 16.7. The normalized spacial score (nSPS) is 17.1. The molecular weight excluding hydrogens is 378 g/mol. The molecule has 158 valence electrons. The van der Waals surface area contributed by atoms with Gasteiger partial charge in [0.1, 0.15) is 11.5 Å². The van der Waals surface area contributed by atoms with Crippen LogP contribution in [0.1, 0.15) is 41.6 Å². The molecule has 2 aromatic carbocycles. The van der Waals surface area contributed by atoms with E-state index in [0.717, 1.165) is 49.9 Å². The van der Waals surface area contributed by atoms with Crippen LogP contribution in [-0.2, 0) is 13.0 Å². The maximum atomic E-state index is 5.81. The highest BCUT2D eigenvalue weighted by Crippen LogP contribution is 2.27. The fraction of sp³-hybridized carbons (Fsp3) is 0.417. The van der Waals surface area contributed by atoms with Gasteiger partial charge in [0, 0.05) is 19.5 Å². The van der Waals surface area contributed by atoms with Crippen LogP contribution in [0, 0.1) is 6.92 Å². The third-order valence-corrected chi connectivity index (χ3v) is 5.46.